The molecule has 1 N–H and O–H groups in total. The van der Waals surface area contributed by atoms with Crippen molar-refractivity contribution in [2.24, 2.45) is 5.92 Å². The highest BCUT2D eigenvalue weighted by Crippen LogP contribution is 2.33. The molecule has 1 amide bonds. The number of rotatable bonds is 3. The third kappa shape index (κ3) is 4.65. The first-order chi connectivity index (χ1) is 11.7. The number of hydrogen-bond donors (Lipinski definition) is 1. The number of piperidine rings is 1. The fraction of sp³-hybridized carbons (Fsp3) is 0.650. The highest BCUT2D eigenvalue weighted by Gasteiger charge is 2.35. The molecule has 4 nitrogen and oxygen atoms in total. The lowest BCUT2D eigenvalue weighted by molar-refractivity contribution is -0.132. The molecule has 0 aromatic heterocycles. The molecule has 1 aromatic rings. The lowest BCUT2D eigenvalue weighted by Gasteiger charge is -2.38. The Balaban J connectivity index is 0.00000121. The first-order valence-electron chi connectivity index (χ1n) is 9.53. The molecule has 3 saturated heterocycles. The van der Waals surface area contributed by atoms with E-state index >= 15 is 0 Å². The number of amides is 1. The predicted octanol–water partition coefficient (Wildman–Crippen LogP) is 3.41. The van der Waals surface area contributed by atoms with Gasteiger partial charge in [0.25, 0.3) is 0 Å². The van der Waals surface area contributed by atoms with E-state index in [2.05, 4.69) is 46.3 Å². The monoisotopic (exact) mass is 399 g/mol. The maximum atomic E-state index is 12.7. The Kier molecular flexibility index (Phi) is 7.63. The van der Waals surface area contributed by atoms with Crippen molar-refractivity contribution in [3.63, 3.8) is 0 Å². The van der Waals surface area contributed by atoms with E-state index in [4.69, 9.17) is 0 Å². The molecule has 1 aromatic carbocycles. The minimum atomic E-state index is 0. The molecule has 0 aliphatic carbocycles. The number of piperazine rings is 1. The largest absolute Gasteiger partial charge is 0.368 e. The van der Waals surface area contributed by atoms with Crippen LogP contribution in [0.2, 0.25) is 0 Å². The summed E-state index contributed by atoms with van der Waals surface area (Å²) in [4.78, 5) is 17.2. The number of fused-ring (bicyclic) bond motifs is 2. The van der Waals surface area contributed by atoms with Crippen molar-refractivity contribution in [2.75, 3.05) is 31.1 Å². The van der Waals surface area contributed by atoms with Crippen LogP contribution in [0.4, 0.5) is 5.69 Å². The number of carbonyl (C=O) groups excluding carboxylic acids is 1. The summed E-state index contributed by atoms with van der Waals surface area (Å²) >= 11 is 0. The van der Waals surface area contributed by atoms with E-state index < -0.39 is 0 Å². The second-order valence-electron chi connectivity index (χ2n) is 7.83. The fourth-order valence-electron chi connectivity index (χ4n) is 4.83. The van der Waals surface area contributed by atoms with Gasteiger partial charge in [-0.2, -0.15) is 0 Å². The SMILES string of the molecule is Cc1ccccc1N1CCN(C(=O)CC2CC3CCC(C2)N3)CC1.Cl.Cl. The molecular formula is C20H31Cl2N3O. The van der Waals surface area contributed by atoms with Crippen LogP contribution in [0.3, 0.4) is 0 Å². The minimum Gasteiger partial charge on any atom is -0.368 e. The highest BCUT2D eigenvalue weighted by atomic mass is 35.5. The summed E-state index contributed by atoms with van der Waals surface area (Å²) < 4.78 is 0. The van der Waals surface area contributed by atoms with Gasteiger partial charge in [-0.05, 0) is 50.2 Å². The zero-order valence-corrected chi connectivity index (χ0v) is 17.2. The Hall–Kier alpha value is -0.970. The summed E-state index contributed by atoms with van der Waals surface area (Å²) in [6.07, 6.45) is 5.78. The summed E-state index contributed by atoms with van der Waals surface area (Å²) in [7, 11) is 0. The Labute approximate surface area is 169 Å². The third-order valence-corrected chi connectivity index (χ3v) is 6.12. The standard InChI is InChI=1S/C20H29N3O.2ClH/c1-15-4-2-3-5-19(15)22-8-10-23(11-9-22)20(24)14-16-12-17-6-7-18(13-16)21-17;;/h2-5,16-18,21H,6-14H2,1H3;2*1H. The zero-order valence-electron chi connectivity index (χ0n) is 15.5. The average molecular weight is 400 g/mol. The van der Waals surface area contributed by atoms with Gasteiger partial charge in [0.1, 0.15) is 0 Å². The lowest BCUT2D eigenvalue weighted by atomic mass is 9.89. The van der Waals surface area contributed by atoms with E-state index in [1.807, 2.05) is 0 Å². The number of anilines is 1. The van der Waals surface area contributed by atoms with Crippen LogP contribution < -0.4 is 10.2 Å². The quantitative estimate of drug-likeness (QED) is 0.845. The summed E-state index contributed by atoms with van der Waals surface area (Å²) in [5, 5.41) is 3.67. The average Bonchev–Trinajstić information content (AvgIpc) is 2.94. The Bertz CT molecular complexity index is 592. The van der Waals surface area contributed by atoms with Gasteiger partial charge in [0.2, 0.25) is 5.91 Å². The highest BCUT2D eigenvalue weighted by molar-refractivity contribution is 5.85. The van der Waals surface area contributed by atoms with Crippen LogP contribution >= 0.6 is 24.8 Å². The summed E-state index contributed by atoms with van der Waals surface area (Å²) in [6, 6.07) is 9.91. The summed E-state index contributed by atoms with van der Waals surface area (Å²) in [6.45, 7) is 5.80. The van der Waals surface area contributed by atoms with Gasteiger partial charge in [0.05, 0.1) is 0 Å². The van der Waals surface area contributed by atoms with Gasteiger partial charge < -0.3 is 15.1 Å². The first kappa shape index (κ1) is 21.3. The van der Waals surface area contributed by atoms with E-state index in [-0.39, 0.29) is 24.8 Å². The van der Waals surface area contributed by atoms with E-state index in [1.165, 1.54) is 36.9 Å². The maximum Gasteiger partial charge on any atom is 0.222 e. The van der Waals surface area contributed by atoms with E-state index in [0.717, 1.165) is 32.6 Å². The number of halogens is 2. The molecule has 3 aliphatic rings. The second kappa shape index (κ2) is 9.29. The van der Waals surface area contributed by atoms with Crippen molar-refractivity contribution in [1.29, 1.82) is 0 Å². The van der Waals surface area contributed by atoms with Crippen molar-refractivity contribution in [2.45, 2.75) is 51.1 Å². The third-order valence-electron chi connectivity index (χ3n) is 6.12. The molecule has 2 atom stereocenters. The fourth-order valence-corrected chi connectivity index (χ4v) is 4.83. The zero-order chi connectivity index (χ0) is 16.5. The molecular weight excluding hydrogens is 369 g/mol. The number of nitrogens with one attached hydrogen (secondary N) is 1. The number of nitrogens with zero attached hydrogens (tertiary/aromatic N) is 2. The van der Waals surface area contributed by atoms with Gasteiger partial charge in [0, 0.05) is 50.4 Å². The van der Waals surface area contributed by atoms with Crippen LogP contribution in [0.5, 0.6) is 0 Å². The molecule has 0 radical (unpaired) electrons. The number of carbonyl (C=O) groups is 1. The van der Waals surface area contributed by atoms with Gasteiger partial charge in [0.15, 0.2) is 0 Å². The predicted molar refractivity (Wildman–Crippen MR) is 112 cm³/mol. The lowest BCUT2D eigenvalue weighted by Crippen LogP contribution is -2.49. The molecule has 3 heterocycles. The second-order valence-corrected chi connectivity index (χ2v) is 7.83. The summed E-state index contributed by atoms with van der Waals surface area (Å²) in [5.74, 6) is 0.983. The van der Waals surface area contributed by atoms with Gasteiger partial charge in [-0.15, -0.1) is 24.8 Å². The minimum absolute atomic E-state index is 0. The van der Waals surface area contributed by atoms with Gasteiger partial charge in [-0.25, -0.2) is 0 Å². The van der Waals surface area contributed by atoms with Crippen molar-refractivity contribution in [3.05, 3.63) is 29.8 Å². The van der Waals surface area contributed by atoms with Gasteiger partial charge in [-0.1, -0.05) is 18.2 Å². The van der Waals surface area contributed by atoms with Gasteiger partial charge >= 0.3 is 0 Å². The van der Waals surface area contributed by atoms with Crippen molar-refractivity contribution in [1.82, 2.24) is 10.2 Å². The molecule has 0 saturated carbocycles. The molecule has 3 aliphatic heterocycles. The molecule has 26 heavy (non-hydrogen) atoms. The Morgan fingerprint density at radius 3 is 2.27 bits per heavy atom. The summed E-state index contributed by atoms with van der Waals surface area (Å²) in [5.41, 5.74) is 2.64. The van der Waals surface area contributed by atoms with Crippen LogP contribution in [0.1, 0.15) is 37.7 Å². The Morgan fingerprint density at radius 1 is 1.04 bits per heavy atom. The van der Waals surface area contributed by atoms with Crippen molar-refractivity contribution >= 4 is 36.4 Å². The number of benzene rings is 1. The van der Waals surface area contributed by atoms with Crippen LogP contribution in [-0.4, -0.2) is 49.1 Å². The van der Waals surface area contributed by atoms with E-state index in [9.17, 15) is 4.79 Å². The molecule has 146 valence electrons. The smallest absolute Gasteiger partial charge is 0.222 e. The number of para-hydroxylation sites is 1. The van der Waals surface area contributed by atoms with Gasteiger partial charge in [-0.3, -0.25) is 4.79 Å². The van der Waals surface area contributed by atoms with Crippen molar-refractivity contribution in [3.8, 4) is 0 Å². The van der Waals surface area contributed by atoms with Crippen LogP contribution in [0.15, 0.2) is 24.3 Å². The topological polar surface area (TPSA) is 35.6 Å². The molecule has 2 unspecified atom stereocenters. The molecule has 6 heteroatoms. The Morgan fingerprint density at radius 2 is 1.65 bits per heavy atom. The molecule has 2 bridgehead atoms. The molecule has 3 fully saturated rings. The maximum absolute atomic E-state index is 12.7. The van der Waals surface area contributed by atoms with Crippen LogP contribution in [0, 0.1) is 12.8 Å². The molecule has 0 spiro atoms. The van der Waals surface area contributed by atoms with Crippen LogP contribution in [0.25, 0.3) is 0 Å². The van der Waals surface area contributed by atoms with Crippen LogP contribution in [-0.2, 0) is 4.79 Å². The van der Waals surface area contributed by atoms with E-state index in [1.54, 1.807) is 0 Å². The molecule has 4 rings (SSSR count). The first-order valence-corrected chi connectivity index (χ1v) is 9.53. The van der Waals surface area contributed by atoms with E-state index in [0.29, 0.717) is 23.9 Å². The number of aryl methyl sites for hydroxylation is 1. The normalized spacial score (nSPS) is 27.5. The van der Waals surface area contributed by atoms with Crippen molar-refractivity contribution < 1.29 is 4.79 Å². The number of hydrogen-bond acceptors (Lipinski definition) is 3.